The van der Waals surface area contributed by atoms with Gasteiger partial charge in [0.25, 0.3) is 0 Å². The van der Waals surface area contributed by atoms with E-state index in [1.54, 1.807) is 12.4 Å². The van der Waals surface area contributed by atoms with Crippen LogP contribution in [0.3, 0.4) is 0 Å². The molecular formula is C12H12Br2N2O. The first-order valence-corrected chi connectivity index (χ1v) is 6.89. The predicted molar refractivity (Wildman–Crippen MR) is 75.7 cm³/mol. The average molecular weight is 360 g/mol. The zero-order valence-electron chi connectivity index (χ0n) is 9.05. The van der Waals surface area contributed by atoms with Gasteiger partial charge in [0.05, 0.1) is 11.4 Å². The highest BCUT2D eigenvalue weighted by Crippen LogP contribution is 2.42. The van der Waals surface area contributed by atoms with Gasteiger partial charge in [-0.25, -0.2) is 0 Å². The van der Waals surface area contributed by atoms with E-state index in [4.69, 9.17) is 0 Å². The van der Waals surface area contributed by atoms with Crippen molar-refractivity contribution >= 4 is 37.6 Å². The normalized spacial score (nSPS) is 22.3. The Balaban J connectivity index is 2.38. The van der Waals surface area contributed by atoms with Crippen LogP contribution in [0.1, 0.15) is 12.1 Å². The Bertz CT molecular complexity index is 443. The highest BCUT2D eigenvalue weighted by Gasteiger charge is 2.37. The molecular weight excluding hydrogens is 348 g/mol. The summed E-state index contributed by atoms with van der Waals surface area (Å²) in [7, 11) is 0. The molecule has 0 saturated carbocycles. The van der Waals surface area contributed by atoms with E-state index in [-0.39, 0.29) is 15.8 Å². The van der Waals surface area contributed by atoms with Crippen LogP contribution in [0.4, 0.5) is 0 Å². The summed E-state index contributed by atoms with van der Waals surface area (Å²) in [5, 5.41) is 9.17. The van der Waals surface area contributed by atoms with Crippen molar-refractivity contribution in [3.63, 3.8) is 0 Å². The lowest BCUT2D eigenvalue weighted by molar-refractivity contribution is 0.274. The van der Waals surface area contributed by atoms with Crippen molar-refractivity contribution < 1.29 is 5.11 Å². The third-order valence-electron chi connectivity index (χ3n) is 2.65. The van der Waals surface area contributed by atoms with Gasteiger partial charge in [-0.3, -0.25) is 9.98 Å². The summed E-state index contributed by atoms with van der Waals surface area (Å²) in [5.74, 6) is 0.0485. The Morgan fingerprint density at radius 2 is 2.18 bits per heavy atom. The summed E-state index contributed by atoms with van der Waals surface area (Å²) in [6.07, 6.45) is 6.05. The molecule has 3 nitrogen and oxygen atoms in total. The number of allylic oxidation sites excluding steroid dienone is 1. The van der Waals surface area contributed by atoms with Gasteiger partial charge in [-0.1, -0.05) is 37.9 Å². The first kappa shape index (κ1) is 12.9. The number of aliphatic hydroxyl groups is 1. The Kier molecular flexibility index (Phi) is 4.12. The van der Waals surface area contributed by atoms with Crippen LogP contribution in [0, 0.1) is 5.92 Å². The number of alkyl halides is 2. The second kappa shape index (κ2) is 5.42. The number of aliphatic hydroxyl groups excluding tert-OH is 1. The Labute approximate surface area is 117 Å². The Morgan fingerprint density at radius 3 is 2.82 bits per heavy atom. The largest absolute Gasteiger partial charge is 0.396 e. The van der Waals surface area contributed by atoms with Crippen LogP contribution >= 0.6 is 31.9 Å². The number of rotatable bonds is 3. The number of aliphatic imine (C=N–C) groups is 1. The van der Waals surface area contributed by atoms with Crippen molar-refractivity contribution in [1.82, 2.24) is 4.98 Å². The molecule has 5 heteroatoms. The smallest absolute Gasteiger partial charge is 0.109 e. The lowest BCUT2D eigenvalue weighted by Crippen LogP contribution is -2.34. The van der Waals surface area contributed by atoms with E-state index in [9.17, 15) is 5.11 Å². The van der Waals surface area contributed by atoms with Crippen molar-refractivity contribution in [1.29, 1.82) is 0 Å². The average Bonchev–Trinajstić information content (AvgIpc) is 2.33. The summed E-state index contributed by atoms with van der Waals surface area (Å²) >= 11 is 7.22. The lowest BCUT2D eigenvalue weighted by atomic mass is 9.91. The van der Waals surface area contributed by atoms with Gasteiger partial charge < -0.3 is 5.11 Å². The molecule has 0 amide bonds. The zero-order valence-corrected chi connectivity index (χ0v) is 12.2. The van der Waals surface area contributed by atoms with Crippen LogP contribution in [0.5, 0.6) is 0 Å². The molecule has 1 N–H and O–H groups in total. The van der Waals surface area contributed by atoms with E-state index in [2.05, 4.69) is 41.8 Å². The molecule has 0 saturated heterocycles. The maximum atomic E-state index is 9.17. The van der Waals surface area contributed by atoms with Crippen molar-refractivity contribution in [3.05, 3.63) is 42.4 Å². The molecule has 1 atom stereocenters. The van der Waals surface area contributed by atoms with Gasteiger partial charge in [0.2, 0.25) is 0 Å². The SMILES string of the molecule is OCCC1C(c2ccccn2)=NC=CC1(Br)Br. The quantitative estimate of drug-likeness (QED) is 0.843. The topological polar surface area (TPSA) is 45.5 Å². The standard InChI is InChI=1S/C12H12Br2N2O/c13-12(14)5-7-16-11(9(12)4-8-17)10-3-1-2-6-15-10/h1-3,5-7,9,17H,4,8H2. The number of halogens is 2. The second-order valence-corrected chi connectivity index (χ2v) is 7.47. The Morgan fingerprint density at radius 1 is 1.35 bits per heavy atom. The molecule has 2 rings (SSSR count). The van der Waals surface area contributed by atoms with Crippen LogP contribution in [0.2, 0.25) is 0 Å². The highest BCUT2D eigenvalue weighted by molar-refractivity contribution is 9.25. The van der Waals surface area contributed by atoms with Crippen LogP contribution in [-0.2, 0) is 0 Å². The maximum Gasteiger partial charge on any atom is 0.109 e. The maximum absolute atomic E-state index is 9.17. The van der Waals surface area contributed by atoms with Gasteiger partial charge in [-0.2, -0.15) is 0 Å². The molecule has 90 valence electrons. The molecule has 1 aliphatic rings. The number of hydrogen-bond donors (Lipinski definition) is 1. The minimum absolute atomic E-state index is 0.0485. The molecule has 0 aromatic carbocycles. The van der Waals surface area contributed by atoms with E-state index in [1.807, 2.05) is 24.3 Å². The van der Waals surface area contributed by atoms with E-state index < -0.39 is 0 Å². The number of hydrogen-bond acceptors (Lipinski definition) is 3. The van der Waals surface area contributed by atoms with Crippen molar-refractivity contribution in [2.45, 2.75) is 9.65 Å². The number of pyridine rings is 1. The fraction of sp³-hybridized carbons (Fsp3) is 0.333. The molecule has 0 radical (unpaired) electrons. The first-order valence-electron chi connectivity index (χ1n) is 5.30. The van der Waals surface area contributed by atoms with E-state index in [0.717, 1.165) is 11.4 Å². The van der Waals surface area contributed by atoms with Crippen LogP contribution < -0.4 is 0 Å². The minimum atomic E-state index is -0.364. The molecule has 0 fully saturated rings. The number of aromatic nitrogens is 1. The molecule has 1 aromatic heterocycles. The molecule has 0 bridgehead atoms. The molecule has 0 spiro atoms. The molecule has 1 aliphatic heterocycles. The monoisotopic (exact) mass is 358 g/mol. The predicted octanol–water partition coefficient (Wildman–Crippen LogP) is 2.88. The summed E-state index contributed by atoms with van der Waals surface area (Å²) in [5.41, 5.74) is 1.73. The van der Waals surface area contributed by atoms with E-state index in [0.29, 0.717) is 6.42 Å². The summed E-state index contributed by atoms with van der Waals surface area (Å²) in [6, 6.07) is 5.74. The molecule has 1 aromatic rings. The fourth-order valence-electron chi connectivity index (χ4n) is 1.82. The van der Waals surface area contributed by atoms with Crippen molar-refractivity contribution in [3.8, 4) is 0 Å². The highest BCUT2D eigenvalue weighted by atomic mass is 79.9. The second-order valence-electron chi connectivity index (χ2n) is 3.78. The van der Waals surface area contributed by atoms with Crippen LogP contribution in [0.25, 0.3) is 0 Å². The summed E-state index contributed by atoms with van der Waals surface area (Å²) < 4.78 is -0.364. The van der Waals surface area contributed by atoms with Gasteiger partial charge in [0.15, 0.2) is 0 Å². The van der Waals surface area contributed by atoms with Gasteiger partial charge in [0, 0.05) is 24.9 Å². The van der Waals surface area contributed by atoms with Crippen molar-refractivity contribution in [2.75, 3.05) is 6.61 Å². The minimum Gasteiger partial charge on any atom is -0.396 e. The zero-order chi connectivity index (χ0) is 12.3. The molecule has 2 heterocycles. The summed E-state index contributed by atoms with van der Waals surface area (Å²) in [6.45, 7) is 0.114. The number of nitrogens with zero attached hydrogens (tertiary/aromatic N) is 2. The van der Waals surface area contributed by atoms with Gasteiger partial charge in [-0.05, 0) is 24.6 Å². The van der Waals surface area contributed by atoms with E-state index >= 15 is 0 Å². The first-order chi connectivity index (χ1) is 8.15. The van der Waals surface area contributed by atoms with Gasteiger partial charge in [0.1, 0.15) is 3.23 Å². The molecule has 0 aliphatic carbocycles. The third-order valence-corrected chi connectivity index (χ3v) is 4.28. The van der Waals surface area contributed by atoms with Gasteiger partial charge in [-0.15, -0.1) is 0 Å². The fourth-order valence-corrected chi connectivity index (χ4v) is 2.95. The van der Waals surface area contributed by atoms with E-state index in [1.165, 1.54) is 0 Å². The Hall–Kier alpha value is -0.520. The third kappa shape index (κ3) is 2.84. The lowest BCUT2D eigenvalue weighted by Gasteiger charge is -2.30. The van der Waals surface area contributed by atoms with Crippen LogP contribution in [0.15, 0.2) is 41.7 Å². The van der Waals surface area contributed by atoms with Crippen LogP contribution in [-0.4, -0.2) is 25.6 Å². The summed E-state index contributed by atoms with van der Waals surface area (Å²) in [4.78, 5) is 8.71. The van der Waals surface area contributed by atoms with Gasteiger partial charge >= 0.3 is 0 Å². The molecule has 1 unspecified atom stereocenters. The molecule has 17 heavy (non-hydrogen) atoms. The van der Waals surface area contributed by atoms with Crippen molar-refractivity contribution in [2.24, 2.45) is 10.9 Å².